The van der Waals surface area contributed by atoms with Crippen LogP contribution in [0, 0.1) is 6.92 Å². The molecule has 3 aromatic rings. The van der Waals surface area contributed by atoms with Crippen LogP contribution >= 0.6 is 0 Å². The summed E-state index contributed by atoms with van der Waals surface area (Å²) in [6.45, 7) is 2.51. The second-order valence-electron chi connectivity index (χ2n) is 4.99. The number of aromatic nitrogens is 3. The number of benzene rings is 1. The summed E-state index contributed by atoms with van der Waals surface area (Å²) in [6.07, 6.45) is 5.10. The summed E-state index contributed by atoms with van der Waals surface area (Å²) in [5.41, 5.74) is 4.31. The van der Waals surface area contributed by atoms with Gasteiger partial charge in [0.05, 0.1) is 0 Å². The van der Waals surface area contributed by atoms with E-state index in [4.69, 9.17) is 0 Å². The molecule has 0 spiro atoms. The average Bonchev–Trinajstić information content (AvgIpc) is 3.04. The van der Waals surface area contributed by atoms with E-state index in [1.807, 2.05) is 43.3 Å². The molecule has 0 saturated carbocycles. The number of H-pyrrole nitrogens is 1. The molecule has 0 aliphatic carbocycles. The molecule has 0 bridgehead atoms. The predicted octanol–water partition coefficient (Wildman–Crippen LogP) is 2.71. The number of rotatable bonds is 4. The first-order valence-corrected chi connectivity index (χ1v) is 7.02. The molecular weight excluding hydrogens is 276 g/mol. The Morgan fingerprint density at radius 2 is 1.95 bits per heavy atom. The predicted molar refractivity (Wildman–Crippen MR) is 84.2 cm³/mol. The van der Waals surface area contributed by atoms with E-state index in [1.165, 1.54) is 0 Å². The Kier molecular flexibility index (Phi) is 3.96. The van der Waals surface area contributed by atoms with Gasteiger partial charge in [0, 0.05) is 30.7 Å². The van der Waals surface area contributed by atoms with Crippen LogP contribution in [0.5, 0.6) is 0 Å². The lowest BCUT2D eigenvalue weighted by molar-refractivity contribution is 0.0946. The lowest BCUT2D eigenvalue weighted by Crippen LogP contribution is -2.24. The van der Waals surface area contributed by atoms with Gasteiger partial charge in [0.1, 0.15) is 0 Å². The van der Waals surface area contributed by atoms with E-state index < -0.39 is 0 Å². The van der Waals surface area contributed by atoms with E-state index >= 15 is 0 Å². The summed E-state index contributed by atoms with van der Waals surface area (Å²) in [5.74, 6) is -0.198. The van der Waals surface area contributed by atoms with Gasteiger partial charge in [0.25, 0.3) is 5.91 Å². The number of carbonyl (C=O) groups excluding carboxylic acids is 1. The van der Waals surface area contributed by atoms with E-state index in [0.29, 0.717) is 12.2 Å². The van der Waals surface area contributed by atoms with Gasteiger partial charge in [0.15, 0.2) is 5.69 Å². The van der Waals surface area contributed by atoms with E-state index in [9.17, 15) is 4.79 Å². The Balaban J connectivity index is 1.77. The first kappa shape index (κ1) is 14.0. The maximum Gasteiger partial charge on any atom is 0.272 e. The maximum absolute atomic E-state index is 12.4. The van der Waals surface area contributed by atoms with E-state index in [1.54, 1.807) is 18.6 Å². The highest BCUT2D eigenvalue weighted by atomic mass is 16.1. The van der Waals surface area contributed by atoms with Crippen molar-refractivity contribution in [3.05, 3.63) is 71.8 Å². The fourth-order valence-electron chi connectivity index (χ4n) is 2.28. The number of aryl methyl sites for hydroxylation is 1. The largest absolute Gasteiger partial charge is 0.347 e. The number of pyridine rings is 1. The van der Waals surface area contributed by atoms with Crippen LogP contribution in [0.1, 0.15) is 21.6 Å². The van der Waals surface area contributed by atoms with Crippen molar-refractivity contribution >= 4 is 5.91 Å². The summed E-state index contributed by atoms with van der Waals surface area (Å²) >= 11 is 0. The first-order chi connectivity index (χ1) is 10.8. The van der Waals surface area contributed by atoms with E-state index in [0.717, 1.165) is 22.3 Å². The minimum Gasteiger partial charge on any atom is -0.347 e. The third kappa shape index (κ3) is 2.88. The molecule has 1 aromatic carbocycles. The second kappa shape index (κ2) is 6.22. The van der Waals surface area contributed by atoms with Crippen molar-refractivity contribution in [1.29, 1.82) is 0 Å². The van der Waals surface area contributed by atoms with Gasteiger partial charge in [-0.05, 0) is 35.7 Å². The molecule has 5 nitrogen and oxygen atoms in total. The fraction of sp³-hybridized carbons (Fsp3) is 0.118. The van der Waals surface area contributed by atoms with E-state index in [2.05, 4.69) is 20.5 Å². The van der Waals surface area contributed by atoms with Gasteiger partial charge < -0.3 is 5.32 Å². The van der Waals surface area contributed by atoms with Gasteiger partial charge in [-0.2, -0.15) is 5.10 Å². The molecule has 0 aliphatic rings. The Labute approximate surface area is 128 Å². The topological polar surface area (TPSA) is 70.7 Å². The normalized spacial score (nSPS) is 10.4. The van der Waals surface area contributed by atoms with Crippen LogP contribution < -0.4 is 5.32 Å². The highest BCUT2D eigenvalue weighted by Crippen LogP contribution is 2.21. The zero-order chi connectivity index (χ0) is 15.4. The summed E-state index contributed by atoms with van der Waals surface area (Å²) in [5, 5.41) is 9.74. The molecule has 22 heavy (non-hydrogen) atoms. The molecule has 0 saturated heterocycles. The molecule has 3 rings (SSSR count). The van der Waals surface area contributed by atoms with Crippen molar-refractivity contribution in [2.75, 3.05) is 0 Å². The van der Waals surface area contributed by atoms with Crippen LogP contribution in [-0.2, 0) is 6.54 Å². The van der Waals surface area contributed by atoms with Gasteiger partial charge in [-0.15, -0.1) is 0 Å². The standard InChI is InChI=1S/C17H16N4O/c1-12-4-2-3-5-14(12)10-19-17(22)16-15(11-20-21-16)13-6-8-18-9-7-13/h2-9,11H,10H2,1H3,(H,19,22)(H,20,21). The number of carbonyl (C=O) groups is 1. The van der Waals surface area contributed by atoms with Gasteiger partial charge in [-0.3, -0.25) is 14.9 Å². The molecular formula is C17H16N4O. The second-order valence-corrected chi connectivity index (χ2v) is 4.99. The Hall–Kier alpha value is -2.95. The lowest BCUT2D eigenvalue weighted by atomic mass is 10.1. The van der Waals surface area contributed by atoms with Crippen LogP contribution in [-0.4, -0.2) is 21.1 Å². The van der Waals surface area contributed by atoms with Crippen LogP contribution in [0.25, 0.3) is 11.1 Å². The van der Waals surface area contributed by atoms with Crippen LogP contribution in [0.15, 0.2) is 55.0 Å². The number of hydrogen-bond acceptors (Lipinski definition) is 3. The minimum atomic E-state index is -0.198. The third-order valence-electron chi connectivity index (χ3n) is 3.55. The molecule has 110 valence electrons. The highest BCUT2D eigenvalue weighted by Gasteiger charge is 2.15. The van der Waals surface area contributed by atoms with Crippen molar-refractivity contribution in [3.8, 4) is 11.1 Å². The van der Waals surface area contributed by atoms with Gasteiger partial charge in [-0.25, -0.2) is 0 Å². The van der Waals surface area contributed by atoms with Gasteiger partial charge in [0.2, 0.25) is 0 Å². The SMILES string of the molecule is Cc1ccccc1CNC(=O)c1n[nH]cc1-c1ccncc1. The third-order valence-corrected chi connectivity index (χ3v) is 3.55. The Morgan fingerprint density at radius 1 is 1.18 bits per heavy atom. The molecule has 0 atom stereocenters. The summed E-state index contributed by atoms with van der Waals surface area (Å²) < 4.78 is 0. The monoisotopic (exact) mass is 292 g/mol. The molecule has 0 radical (unpaired) electrons. The Morgan fingerprint density at radius 3 is 2.73 bits per heavy atom. The quantitative estimate of drug-likeness (QED) is 0.776. The molecule has 1 amide bonds. The summed E-state index contributed by atoms with van der Waals surface area (Å²) in [4.78, 5) is 16.4. The zero-order valence-corrected chi connectivity index (χ0v) is 12.2. The van der Waals surface area contributed by atoms with Crippen molar-refractivity contribution in [2.24, 2.45) is 0 Å². The summed E-state index contributed by atoms with van der Waals surface area (Å²) in [6, 6.07) is 11.7. The minimum absolute atomic E-state index is 0.198. The maximum atomic E-state index is 12.4. The first-order valence-electron chi connectivity index (χ1n) is 7.02. The molecule has 0 aliphatic heterocycles. The number of hydrogen-bond donors (Lipinski definition) is 2. The molecule has 2 heterocycles. The number of amides is 1. The van der Waals surface area contributed by atoms with Gasteiger partial charge in [-0.1, -0.05) is 24.3 Å². The van der Waals surface area contributed by atoms with Crippen molar-refractivity contribution in [2.45, 2.75) is 13.5 Å². The Bertz CT molecular complexity index is 780. The lowest BCUT2D eigenvalue weighted by Gasteiger charge is -2.07. The fourth-order valence-corrected chi connectivity index (χ4v) is 2.28. The highest BCUT2D eigenvalue weighted by molar-refractivity contribution is 5.98. The smallest absolute Gasteiger partial charge is 0.272 e. The zero-order valence-electron chi connectivity index (χ0n) is 12.2. The molecule has 0 fully saturated rings. The molecule has 5 heteroatoms. The summed E-state index contributed by atoms with van der Waals surface area (Å²) in [7, 11) is 0. The van der Waals surface area contributed by atoms with Crippen molar-refractivity contribution in [3.63, 3.8) is 0 Å². The van der Waals surface area contributed by atoms with Crippen molar-refractivity contribution < 1.29 is 4.79 Å². The van der Waals surface area contributed by atoms with Crippen LogP contribution in [0.3, 0.4) is 0 Å². The molecule has 0 unspecified atom stereocenters. The number of nitrogens with one attached hydrogen (secondary N) is 2. The van der Waals surface area contributed by atoms with Crippen LogP contribution in [0.4, 0.5) is 0 Å². The number of nitrogens with zero attached hydrogens (tertiary/aromatic N) is 2. The number of aromatic amines is 1. The van der Waals surface area contributed by atoms with Gasteiger partial charge >= 0.3 is 0 Å². The molecule has 2 N–H and O–H groups in total. The van der Waals surface area contributed by atoms with Crippen LogP contribution in [0.2, 0.25) is 0 Å². The molecule has 2 aromatic heterocycles. The average molecular weight is 292 g/mol. The van der Waals surface area contributed by atoms with E-state index in [-0.39, 0.29) is 5.91 Å². The van der Waals surface area contributed by atoms with Crippen molar-refractivity contribution in [1.82, 2.24) is 20.5 Å².